The molecule has 0 aliphatic rings. The summed E-state index contributed by atoms with van der Waals surface area (Å²) in [6.07, 6.45) is 10.2. The molecule has 0 saturated heterocycles. The van der Waals surface area contributed by atoms with Crippen molar-refractivity contribution in [3.63, 3.8) is 0 Å². The van der Waals surface area contributed by atoms with Crippen molar-refractivity contribution in [3.8, 4) is 0 Å². The topological polar surface area (TPSA) is 38.9 Å². The van der Waals surface area contributed by atoms with Crippen LogP contribution >= 0.6 is 0 Å². The first-order valence-electron chi connectivity index (χ1n) is 9.44. The molecule has 5 nitrogen and oxygen atoms in total. The van der Waals surface area contributed by atoms with Crippen LogP contribution in [-0.2, 0) is 19.6 Å². The quantitative estimate of drug-likeness (QED) is 0.559. The Kier molecular flexibility index (Phi) is 6.61. The van der Waals surface area contributed by atoms with E-state index in [1.807, 2.05) is 12.4 Å². The third kappa shape index (κ3) is 5.30. The second kappa shape index (κ2) is 9.34. The van der Waals surface area contributed by atoms with E-state index in [9.17, 15) is 0 Å². The molecule has 2 heterocycles. The lowest BCUT2D eigenvalue weighted by Crippen LogP contribution is -2.27. The van der Waals surface area contributed by atoms with E-state index in [-0.39, 0.29) is 0 Å². The molecule has 5 heteroatoms. The minimum absolute atomic E-state index is 1.01. The van der Waals surface area contributed by atoms with E-state index in [0.717, 1.165) is 57.2 Å². The molecule has 0 spiro atoms. The van der Waals surface area contributed by atoms with Gasteiger partial charge in [-0.05, 0) is 32.3 Å². The summed E-state index contributed by atoms with van der Waals surface area (Å²) in [4.78, 5) is 11.2. The largest absolute Gasteiger partial charge is 0.335 e. The lowest BCUT2D eigenvalue weighted by molar-refractivity contribution is 0.248. The molecule has 0 N–H and O–H groups in total. The summed E-state index contributed by atoms with van der Waals surface area (Å²) in [6, 6.07) is 10.8. The molecule has 2 aromatic heterocycles. The summed E-state index contributed by atoms with van der Waals surface area (Å²) >= 11 is 0. The van der Waals surface area contributed by atoms with Gasteiger partial charge < -0.3 is 9.13 Å². The van der Waals surface area contributed by atoms with E-state index in [4.69, 9.17) is 0 Å². The van der Waals surface area contributed by atoms with E-state index in [1.54, 1.807) is 0 Å². The summed E-state index contributed by atoms with van der Waals surface area (Å²) in [5.41, 5.74) is 1.38. The molecule has 0 aliphatic heterocycles. The van der Waals surface area contributed by atoms with Crippen LogP contribution in [0.25, 0.3) is 0 Å². The van der Waals surface area contributed by atoms with Crippen LogP contribution in [0.4, 0.5) is 0 Å². The fourth-order valence-electron chi connectivity index (χ4n) is 3.32. The molecule has 0 aliphatic carbocycles. The molecule has 138 valence electrons. The molecule has 0 saturated carbocycles. The van der Waals surface area contributed by atoms with Crippen LogP contribution in [0.1, 0.15) is 30.1 Å². The summed E-state index contributed by atoms with van der Waals surface area (Å²) in [7, 11) is 0. The number of rotatable bonds is 10. The third-order valence-electron chi connectivity index (χ3n) is 4.84. The monoisotopic (exact) mass is 351 g/mol. The van der Waals surface area contributed by atoms with Gasteiger partial charge in [0.1, 0.15) is 11.6 Å². The van der Waals surface area contributed by atoms with Crippen LogP contribution in [0.15, 0.2) is 55.1 Å². The second-order valence-electron chi connectivity index (χ2n) is 6.80. The molecular weight excluding hydrogens is 322 g/mol. The smallest absolute Gasteiger partial charge is 0.105 e. The Morgan fingerprint density at radius 3 is 1.81 bits per heavy atom. The molecule has 0 unspecified atom stereocenters. The number of nitrogens with zero attached hydrogens (tertiary/aromatic N) is 5. The Balaban J connectivity index is 1.52. The Bertz CT molecular complexity index is 728. The maximum Gasteiger partial charge on any atom is 0.105 e. The third-order valence-corrected chi connectivity index (χ3v) is 4.84. The predicted molar refractivity (Wildman–Crippen MR) is 105 cm³/mol. The van der Waals surface area contributed by atoms with E-state index in [0.29, 0.717) is 0 Å². The van der Waals surface area contributed by atoms with Crippen molar-refractivity contribution >= 4 is 0 Å². The zero-order valence-electron chi connectivity index (χ0n) is 15.9. The minimum atomic E-state index is 1.01. The molecule has 3 aromatic rings. The molecule has 26 heavy (non-hydrogen) atoms. The molecular formula is C21H29N5. The van der Waals surface area contributed by atoms with Crippen molar-refractivity contribution in [2.75, 3.05) is 13.1 Å². The molecule has 1 aromatic carbocycles. The summed E-state index contributed by atoms with van der Waals surface area (Å²) in [6.45, 7) is 9.37. The molecule has 3 rings (SSSR count). The first-order chi connectivity index (χ1) is 12.7. The summed E-state index contributed by atoms with van der Waals surface area (Å²) in [5.74, 6) is 2.19. The van der Waals surface area contributed by atoms with Gasteiger partial charge in [-0.2, -0.15) is 0 Å². The van der Waals surface area contributed by atoms with E-state index in [1.165, 1.54) is 5.56 Å². The van der Waals surface area contributed by atoms with Gasteiger partial charge in [0.2, 0.25) is 0 Å². The summed E-state index contributed by atoms with van der Waals surface area (Å²) in [5, 5.41) is 0. The van der Waals surface area contributed by atoms with Gasteiger partial charge in [-0.1, -0.05) is 30.3 Å². The van der Waals surface area contributed by atoms with Gasteiger partial charge in [0.25, 0.3) is 0 Å². The molecule has 0 bridgehead atoms. The van der Waals surface area contributed by atoms with Gasteiger partial charge in [-0.15, -0.1) is 0 Å². The van der Waals surface area contributed by atoms with Crippen molar-refractivity contribution < 1.29 is 0 Å². The van der Waals surface area contributed by atoms with E-state index in [2.05, 4.69) is 80.6 Å². The zero-order chi connectivity index (χ0) is 18.2. The number of imidazole rings is 2. The van der Waals surface area contributed by atoms with Gasteiger partial charge in [-0.25, -0.2) is 9.97 Å². The number of benzene rings is 1. The highest BCUT2D eigenvalue weighted by atomic mass is 15.1. The maximum atomic E-state index is 4.31. The Morgan fingerprint density at radius 1 is 0.808 bits per heavy atom. The van der Waals surface area contributed by atoms with Crippen molar-refractivity contribution in [1.29, 1.82) is 0 Å². The van der Waals surface area contributed by atoms with Gasteiger partial charge >= 0.3 is 0 Å². The van der Waals surface area contributed by atoms with Crippen molar-refractivity contribution in [2.45, 2.75) is 46.3 Å². The molecule has 0 amide bonds. The van der Waals surface area contributed by atoms with Crippen molar-refractivity contribution in [2.24, 2.45) is 0 Å². The number of aromatic nitrogens is 4. The van der Waals surface area contributed by atoms with Crippen molar-refractivity contribution in [3.05, 3.63) is 72.3 Å². The van der Waals surface area contributed by atoms with Crippen molar-refractivity contribution in [1.82, 2.24) is 24.0 Å². The minimum Gasteiger partial charge on any atom is -0.335 e. The second-order valence-corrected chi connectivity index (χ2v) is 6.80. The highest BCUT2D eigenvalue weighted by Gasteiger charge is 2.07. The highest BCUT2D eigenvalue weighted by Crippen LogP contribution is 2.08. The average Bonchev–Trinajstić information content (AvgIpc) is 3.24. The van der Waals surface area contributed by atoms with Crippen LogP contribution in [-0.4, -0.2) is 37.1 Å². The fourth-order valence-corrected chi connectivity index (χ4v) is 3.32. The fraction of sp³-hybridized carbons (Fsp3) is 0.429. The SMILES string of the molecule is Cc1nccn1CCCN(CCCn1ccnc1C)Cc1ccccc1. The predicted octanol–water partition coefficient (Wildman–Crippen LogP) is 3.68. The highest BCUT2D eigenvalue weighted by molar-refractivity contribution is 5.14. The lowest BCUT2D eigenvalue weighted by atomic mass is 10.2. The van der Waals surface area contributed by atoms with Crippen LogP contribution in [0, 0.1) is 13.8 Å². The van der Waals surface area contributed by atoms with E-state index < -0.39 is 0 Å². The number of aryl methyl sites for hydroxylation is 4. The first-order valence-corrected chi connectivity index (χ1v) is 9.44. The number of hydrogen-bond donors (Lipinski definition) is 0. The van der Waals surface area contributed by atoms with Crippen LogP contribution in [0.2, 0.25) is 0 Å². The lowest BCUT2D eigenvalue weighted by Gasteiger charge is -2.23. The van der Waals surface area contributed by atoms with E-state index >= 15 is 0 Å². The summed E-state index contributed by atoms with van der Waals surface area (Å²) < 4.78 is 4.46. The van der Waals surface area contributed by atoms with Gasteiger partial charge in [0, 0.05) is 57.5 Å². The molecule has 0 atom stereocenters. The van der Waals surface area contributed by atoms with Crippen LogP contribution < -0.4 is 0 Å². The zero-order valence-corrected chi connectivity index (χ0v) is 15.9. The van der Waals surface area contributed by atoms with Gasteiger partial charge in [-0.3, -0.25) is 4.90 Å². The average molecular weight is 351 g/mol. The maximum absolute atomic E-state index is 4.31. The molecule has 0 fully saturated rings. The Labute approximate surface area is 156 Å². The van der Waals surface area contributed by atoms with Crippen LogP contribution in [0.3, 0.4) is 0 Å². The van der Waals surface area contributed by atoms with Gasteiger partial charge in [0.15, 0.2) is 0 Å². The molecule has 0 radical (unpaired) electrons. The van der Waals surface area contributed by atoms with Gasteiger partial charge in [0.05, 0.1) is 0 Å². The Hall–Kier alpha value is -2.40. The van der Waals surface area contributed by atoms with Crippen LogP contribution in [0.5, 0.6) is 0 Å². The first kappa shape index (κ1) is 18.4. The normalized spacial score (nSPS) is 11.3. The number of hydrogen-bond acceptors (Lipinski definition) is 3. The standard InChI is InChI=1S/C21H29N5/c1-19-22-10-16-25(19)14-6-12-24(18-21-8-4-3-5-9-21)13-7-15-26-17-11-23-20(26)2/h3-5,8-11,16-17H,6-7,12-15,18H2,1-2H3. The Morgan fingerprint density at radius 2 is 1.35 bits per heavy atom.